The average Bonchev–Trinajstić information content (AvgIpc) is 2.25. The predicted octanol–water partition coefficient (Wildman–Crippen LogP) is 3.90. The fourth-order valence-electron chi connectivity index (χ4n) is 1.47. The summed E-state index contributed by atoms with van der Waals surface area (Å²) in [5, 5.41) is 3.42. The van der Waals surface area contributed by atoms with Crippen LogP contribution < -0.4 is 5.32 Å². The summed E-state index contributed by atoms with van der Waals surface area (Å²) >= 11 is 1.92. The molecule has 0 aliphatic carbocycles. The Labute approximate surface area is 104 Å². The van der Waals surface area contributed by atoms with Gasteiger partial charge in [-0.2, -0.15) is 0 Å². The summed E-state index contributed by atoms with van der Waals surface area (Å²) < 4.78 is 0. The molecular formula is C14H23NS. The normalized spacial score (nSPS) is 11.4. The molecule has 0 fully saturated rings. The maximum Gasteiger partial charge on any atom is 0.0106 e. The molecule has 0 bridgehead atoms. The molecule has 0 heterocycles. The number of hydrogen-bond acceptors (Lipinski definition) is 2. The highest BCUT2D eigenvalue weighted by molar-refractivity contribution is 7.99. The smallest absolute Gasteiger partial charge is 0.0106 e. The fraction of sp³-hybridized carbons (Fsp3) is 0.571. The summed E-state index contributed by atoms with van der Waals surface area (Å²) in [6.45, 7) is 9.90. The molecule has 0 aliphatic heterocycles. The zero-order chi connectivity index (χ0) is 12.0. The van der Waals surface area contributed by atoms with Crippen LogP contribution in [0.4, 0.5) is 0 Å². The van der Waals surface area contributed by atoms with Crippen LogP contribution >= 0.6 is 11.8 Å². The minimum Gasteiger partial charge on any atom is -0.314 e. The third kappa shape index (κ3) is 5.04. The molecule has 0 aromatic heterocycles. The third-order valence-electron chi connectivity index (χ3n) is 2.47. The molecule has 0 spiro atoms. The molecule has 0 aliphatic rings. The van der Waals surface area contributed by atoms with E-state index in [4.69, 9.17) is 0 Å². The molecule has 0 saturated heterocycles. The molecule has 0 saturated carbocycles. The molecule has 16 heavy (non-hydrogen) atoms. The molecule has 0 atom stereocenters. The topological polar surface area (TPSA) is 12.0 Å². The van der Waals surface area contributed by atoms with E-state index in [-0.39, 0.29) is 0 Å². The van der Waals surface area contributed by atoms with E-state index < -0.39 is 0 Å². The lowest BCUT2D eigenvalue weighted by atomic mass is 10.0. The Morgan fingerprint density at radius 2 is 1.69 bits per heavy atom. The van der Waals surface area contributed by atoms with Gasteiger partial charge >= 0.3 is 0 Å². The van der Waals surface area contributed by atoms with E-state index in [2.05, 4.69) is 57.3 Å². The molecule has 0 radical (unpaired) electrons. The Morgan fingerprint density at radius 3 is 2.19 bits per heavy atom. The van der Waals surface area contributed by atoms with Gasteiger partial charge < -0.3 is 5.32 Å². The molecule has 0 unspecified atom stereocenters. The third-order valence-corrected chi connectivity index (χ3v) is 3.48. The molecule has 1 aromatic rings. The molecule has 90 valence electrons. The van der Waals surface area contributed by atoms with Crippen molar-refractivity contribution in [3.05, 3.63) is 29.8 Å². The zero-order valence-corrected chi connectivity index (χ0v) is 11.6. The summed E-state index contributed by atoms with van der Waals surface area (Å²) in [5.41, 5.74) is 1.42. The van der Waals surface area contributed by atoms with Crippen molar-refractivity contribution in [3.8, 4) is 0 Å². The standard InChI is InChI=1S/C14H23NS/c1-11(2)13-5-7-14(8-6-13)16-10-9-15-12(3)4/h5-8,11-12,15H,9-10H2,1-4H3. The second-order valence-corrected chi connectivity index (χ2v) is 5.85. The number of nitrogens with one attached hydrogen (secondary N) is 1. The number of benzene rings is 1. The summed E-state index contributed by atoms with van der Waals surface area (Å²) in [5.74, 6) is 1.76. The quantitative estimate of drug-likeness (QED) is 0.595. The number of thioether (sulfide) groups is 1. The van der Waals surface area contributed by atoms with Gasteiger partial charge in [0.1, 0.15) is 0 Å². The highest BCUT2D eigenvalue weighted by Gasteiger charge is 1.99. The first-order chi connectivity index (χ1) is 7.59. The van der Waals surface area contributed by atoms with Gasteiger partial charge in [-0.3, -0.25) is 0 Å². The van der Waals surface area contributed by atoms with Crippen molar-refractivity contribution in [1.29, 1.82) is 0 Å². The molecule has 1 N–H and O–H groups in total. The summed E-state index contributed by atoms with van der Waals surface area (Å²) in [7, 11) is 0. The van der Waals surface area contributed by atoms with Crippen molar-refractivity contribution >= 4 is 11.8 Å². The van der Waals surface area contributed by atoms with Crippen molar-refractivity contribution < 1.29 is 0 Å². The van der Waals surface area contributed by atoms with Crippen LogP contribution in [-0.2, 0) is 0 Å². The van der Waals surface area contributed by atoms with E-state index >= 15 is 0 Å². The van der Waals surface area contributed by atoms with Crippen molar-refractivity contribution in [3.63, 3.8) is 0 Å². The minimum absolute atomic E-state index is 0.587. The van der Waals surface area contributed by atoms with Crippen molar-refractivity contribution in [1.82, 2.24) is 5.32 Å². The van der Waals surface area contributed by atoms with Crippen LogP contribution in [0.2, 0.25) is 0 Å². The van der Waals surface area contributed by atoms with E-state index in [9.17, 15) is 0 Å². The first-order valence-corrected chi connectivity index (χ1v) is 7.04. The van der Waals surface area contributed by atoms with Crippen molar-refractivity contribution in [2.75, 3.05) is 12.3 Å². The monoisotopic (exact) mass is 237 g/mol. The minimum atomic E-state index is 0.587. The molecule has 0 amide bonds. The molecule has 2 heteroatoms. The van der Waals surface area contributed by atoms with Gasteiger partial charge in [-0.1, -0.05) is 39.8 Å². The van der Waals surface area contributed by atoms with Crippen molar-refractivity contribution in [2.45, 2.75) is 44.6 Å². The van der Waals surface area contributed by atoms with Crippen LogP contribution in [0.15, 0.2) is 29.2 Å². The second-order valence-electron chi connectivity index (χ2n) is 4.68. The average molecular weight is 237 g/mol. The Hall–Kier alpha value is -0.470. The van der Waals surface area contributed by atoms with E-state index in [0.29, 0.717) is 12.0 Å². The lowest BCUT2D eigenvalue weighted by Crippen LogP contribution is -2.24. The SMILES string of the molecule is CC(C)NCCSc1ccc(C(C)C)cc1. The Balaban J connectivity index is 2.32. The largest absolute Gasteiger partial charge is 0.314 e. The first kappa shape index (κ1) is 13.6. The van der Waals surface area contributed by atoms with E-state index in [1.54, 1.807) is 0 Å². The highest BCUT2D eigenvalue weighted by Crippen LogP contribution is 2.21. The van der Waals surface area contributed by atoms with Gasteiger partial charge in [-0.15, -0.1) is 11.8 Å². The van der Waals surface area contributed by atoms with Gasteiger partial charge in [0, 0.05) is 23.2 Å². The van der Waals surface area contributed by atoms with Gasteiger partial charge in [0.2, 0.25) is 0 Å². The maximum atomic E-state index is 3.42. The molecule has 1 nitrogen and oxygen atoms in total. The summed E-state index contributed by atoms with van der Waals surface area (Å²) in [6, 6.07) is 9.53. The van der Waals surface area contributed by atoms with Gasteiger partial charge in [0.25, 0.3) is 0 Å². The Morgan fingerprint density at radius 1 is 1.06 bits per heavy atom. The first-order valence-electron chi connectivity index (χ1n) is 6.05. The van der Waals surface area contributed by atoms with Gasteiger partial charge in [-0.05, 0) is 23.6 Å². The Bertz CT molecular complexity index is 290. The van der Waals surface area contributed by atoms with E-state index in [1.807, 2.05) is 11.8 Å². The van der Waals surface area contributed by atoms with Crippen LogP contribution in [0.25, 0.3) is 0 Å². The lowest BCUT2D eigenvalue weighted by molar-refractivity contribution is 0.616. The molecule has 1 rings (SSSR count). The van der Waals surface area contributed by atoms with Gasteiger partial charge in [0.05, 0.1) is 0 Å². The molecular weight excluding hydrogens is 214 g/mol. The number of rotatable bonds is 6. The highest BCUT2D eigenvalue weighted by atomic mass is 32.2. The lowest BCUT2D eigenvalue weighted by Gasteiger charge is -2.08. The maximum absolute atomic E-state index is 3.42. The van der Waals surface area contributed by atoms with Gasteiger partial charge in [0.15, 0.2) is 0 Å². The predicted molar refractivity (Wildman–Crippen MR) is 74.4 cm³/mol. The zero-order valence-electron chi connectivity index (χ0n) is 10.8. The van der Waals surface area contributed by atoms with Crippen LogP contribution in [0, 0.1) is 0 Å². The summed E-state index contributed by atoms with van der Waals surface area (Å²) in [4.78, 5) is 1.37. The van der Waals surface area contributed by atoms with E-state index in [0.717, 1.165) is 12.3 Å². The number of hydrogen-bond donors (Lipinski definition) is 1. The van der Waals surface area contributed by atoms with E-state index in [1.165, 1.54) is 10.5 Å². The van der Waals surface area contributed by atoms with Gasteiger partial charge in [-0.25, -0.2) is 0 Å². The molecule has 1 aromatic carbocycles. The van der Waals surface area contributed by atoms with Crippen LogP contribution in [0.5, 0.6) is 0 Å². The Kier molecular flexibility index (Phi) is 5.93. The fourth-order valence-corrected chi connectivity index (χ4v) is 2.25. The van der Waals surface area contributed by atoms with Crippen LogP contribution in [0.1, 0.15) is 39.2 Å². The second kappa shape index (κ2) is 6.97. The van der Waals surface area contributed by atoms with Crippen LogP contribution in [-0.4, -0.2) is 18.3 Å². The van der Waals surface area contributed by atoms with Crippen LogP contribution in [0.3, 0.4) is 0 Å². The van der Waals surface area contributed by atoms with Crippen molar-refractivity contribution in [2.24, 2.45) is 0 Å². The summed E-state index contributed by atoms with van der Waals surface area (Å²) in [6.07, 6.45) is 0.